The van der Waals surface area contributed by atoms with E-state index in [9.17, 15) is 0 Å². The molecule has 2 nitrogen and oxygen atoms in total. The van der Waals surface area contributed by atoms with Gasteiger partial charge in [-0.3, -0.25) is 0 Å². The van der Waals surface area contributed by atoms with Crippen molar-refractivity contribution in [2.45, 2.75) is 25.2 Å². The van der Waals surface area contributed by atoms with Crippen LogP contribution in [0.5, 0.6) is 0 Å². The van der Waals surface area contributed by atoms with Crippen LogP contribution in [0, 0.1) is 5.92 Å². The number of rotatable bonds is 3. The molecule has 2 atom stereocenters. The second-order valence-corrected chi connectivity index (χ2v) is 13.8. The van der Waals surface area contributed by atoms with Crippen LogP contribution in [0.3, 0.4) is 0 Å². The first-order chi connectivity index (χ1) is 23.1. The van der Waals surface area contributed by atoms with E-state index in [0.717, 1.165) is 0 Å². The monoisotopic (exact) mass is 602 g/mol. The third-order valence-corrected chi connectivity index (χ3v) is 11.0. The van der Waals surface area contributed by atoms with Crippen molar-refractivity contribution in [3.8, 4) is 22.5 Å². The molecule has 0 N–H and O–H groups in total. The quantitative estimate of drug-likeness (QED) is 0.190. The maximum Gasteiger partial charge on any atom is 0.0541 e. The second-order valence-electron chi connectivity index (χ2n) is 13.8. The molecule has 2 aliphatic rings. The number of benzene rings is 6. The largest absolute Gasteiger partial charge is 0.309 e. The number of hydrogen-bond acceptors (Lipinski definition) is 0. The third kappa shape index (κ3) is 3.73. The molecular formula is C45H34N2. The second kappa shape index (κ2) is 9.70. The van der Waals surface area contributed by atoms with Crippen molar-refractivity contribution in [1.29, 1.82) is 0 Å². The zero-order chi connectivity index (χ0) is 31.3. The fourth-order valence-electron chi connectivity index (χ4n) is 8.74. The minimum atomic E-state index is 0.0749. The summed E-state index contributed by atoms with van der Waals surface area (Å²) in [5.74, 6) is 0.955. The predicted molar refractivity (Wildman–Crippen MR) is 198 cm³/mol. The van der Waals surface area contributed by atoms with Crippen molar-refractivity contribution in [2.24, 2.45) is 5.92 Å². The topological polar surface area (TPSA) is 9.86 Å². The summed E-state index contributed by atoms with van der Waals surface area (Å²) in [5.41, 5.74) is 12.8. The molecule has 2 aliphatic carbocycles. The van der Waals surface area contributed by atoms with E-state index in [1.807, 2.05) is 0 Å². The Kier molecular flexibility index (Phi) is 5.49. The summed E-state index contributed by atoms with van der Waals surface area (Å²) in [7, 11) is 0. The highest BCUT2D eigenvalue weighted by Crippen LogP contribution is 2.53. The maximum atomic E-state index is 2.47. The van der Waals surface area contributed by atoms with Gasteiger partial charge in [-0.15, -0.1) is 0 Å². The van der Waals surface area contributed by atoms with E-state index in [0.29, 0.717) is 11.8 Å². The molecule has 2 aromatic heterocycles. The first-order valence-electron chi connectivity index (χ1n) is 16.7. The van der Waals surface area contributed by atoms with Crippen molar-refractivity contribution >= 4 is 43.6 Å². The maximum absolute atomic E-state index is 2.47. The Bertz CT molecular complexity index is 2610. The average molecular weight is 603 g/mol. The van der Waals surface area contributed by atoms with Crippen LogP contribution in [-0.2, 0) is 5.41 Å². The molecule has 2 heterocycles. The van der Waals surface area contributed by atoms with Crippen LogP contribution in [0.15, 0.2) is 158 Å². The first kappa shape index (κ1) is 26.6. The molecule has 224 valence electrons. The minimum Gasteiger partial charge on any atom is -0.309 e. The van der Waals surface area contributed by atoms with E-state index >= 15 is 0 Å². The molecule has 0 radical (unpaired) electrons. The average Bonchev–Trinajstić information content (AvgIpc) is 3.71. The third-order valence-electron chi connectivity index (χ3n) is 11.0. The number of allylic oxidation sites excluding steroid dienone is 4. The van der Waals surface area contributed by atoms with Crippen LogP contribution in [0.4, 0.5) is 0 Å². The number of aromatic nitrogens is 2. The molecule has 0 spiro atoms. The Morgan fingerprint density at radius 2 is 1.02 bits per heavy atom. The number of hydrogen-bond donors (Lipinski definition) is 0. The molecule has 0 amide bonds. The fraction of sp³-hybridized carbons (Fsp3) is 0.111. The summed E-state index contributed by atoms with van der Waals surface area (Å²) < 4.78 is 4.85. The van der Waals surface area contributed by atoms with Gasteiger partial charge >= 0.3 is 0 Å². The van der Waals surface area contributed by atoms with E-state index < -0.39 is 0 Å². The summed E-state index contributed by atoms with van der Waals surface area (Å²) in [6.45, 7) is 4.83. The van der Waals surface area contributed by atoms with E-state index in [1.54, 1.807) is 0 Å². The van der Waals surface area contributed by atoms with Crippen molar-refractivity contribution in [3.05, 3.63) is 169 Å². The van der Waals surface area contributed by atoms with Crippen LogP contribution in [0.25, 0.3) is 66.1 Å². The zero-order valence-electron chi connectivity index (χ0n) is 26.6. The summed E-state index contributed by atoms with van der Waals surface area (Å²) in [6, 6.07) is 49.5. The van der Waals surface area contributed by atoms with E-state index in [2.05, 4.69) is 181 Å². The molecule has 0 aliphatic heterocycles. The van der Waals surface area contributed by atoms with E-state index in [1.165, 1.54) is 77.2 Å². The van der Waals surface area contributed by atoms with Crippen molar-refractivity contribution < 1.29 is 0 Å². The lowest BCUT2D eigenvalue weighted by Gasteiger charge is -2.29. The lowest BCUT2D eigenvalue weighted by Crippen LogP contribution is -2.24. The van der Waals surface area contributed by atoms with E-state index in [-0.39, 0.29) is 5.41 Å². The van der Waals surface area contributed by atoms with Crippen LogP contribution in [0.1, 0.15) is 30.9 Å². The van der Waals surface area contributed by atoms with E-state index in [4.69, 9.17) is 0 Å². The molecule has 10 rings (SSSR count). The standard InChI is InChI=1S/C45H34N2/c1-45(2)39-17-9-6-14-33(39)34-23-22-32(28-40(34)45)47-42-19-11-8-16-36(42)38-27-30(21-25-44(38)47)29-20-24-43-37(26-29)35-15-7-10-18-41(35)46(43)31-12-4-3-5-13-31/h3-28,33,39H,1-2H3. The van der Waals surface area contributed by atoms with Crippen molar-refractivity contribution in [1.82, 2.24) is 9.13 Å². The van der Waals surface area contributed by atoms with Crippen LogP contribution in [0.2, 0.25) is 0 Å². The fourth-order valence-corrected chi connectivity index (χ4v) is 8.74. The normalized spacial score (nSPS) is 18.0. The lowest BCUT2D eigenvalue weighted by atomic mass is 9.74. The Morgan fingerprint density at radius 1 is 0.468 bits per heavy atom. The number of fused-ring (bicyclic) bond motifs is 9. The number of nitrogens with zero attached hydrogens (tertiary/aromatic N) is 2. The predicted octanol–water partition coefficient (Wildman–Crippen LogP) is 11.7. The van der Waals surface area contributed by atoms with Gasteiger partial charge in [0.2, 0.25) is 0 Å². The molecule has 8 aromatic rings. The van der Waals surface area contributed by atoms with Gasteiger partial charge in [-0.25, -0.2) is 0 Å². The summed E-state index contributed by atoms with van der Waals surface area (Å²) >= 11 is 0. The Labute approximate surface area is 274 Å². The molecule has 0 saturated carbocycles. The van der Waals surface area contributed by atoms with Gasteiger partial charge in [0.15, 0.2) is 0 Å². The van der Waals surface area contributed by atoms with Crippen LogP contribution < -0.4 is 0 Å². The van der Waals surface area contributed by atoms with Crippen LogP contribution >= 0.6 is 0 Å². The van der Waals surface area contributed by atoms with Gasteiger partial charge in [0.1, 0.15) is 0 Å². The molecule has 0 bridgehead atoms. The smallest absolute Gasteiger partial charge is 0.0541 e. The van der Waals surface area contributed by atoms with Gasteiger partial charge in [-0.2, -0.15) is 0 Å². The Balaban J connectivity index is 1.15. The summed E-state index contributed by atoms with van der Waals surface area (Å²) in [6.07, 6.45) is 9.23. The van der Waals surface area contributed by atoms with Crippen molar-refractivity contribution in [3.63, 3.8) is 0 Å². The molecule has 6 aromatic carbocycles. The summed E-state index contributed by atoms with van der Waals surface area (Å²) in [4.78, 5) is 0. The van der Waals surface area contributed by atoms with Gasteiger partial charge in [0.05, 0.1) is 22.1 Å². The van der Waals surface area contributed by atoms with Crippen LogP contribution in [-0.4, -0.2) is 9.13 Å². The minimum absolute atomic E-state index is 0.0749. The molecular weight excluding hydrogens is 569 g/mol. The molecule has 0 fully saturated rings. The summed E-state index contributed by atoms with van der Waals surface area (Å²) in [5, 5.41) is 5.11. The van der Waals surface area contributed by atoms with Gasteiger partial charge in [0, 0.05) is 38.8 Å². The Morgan fingerprint density at radius 3 is 1.68 bits per heavy atom. The molecule has 47 heavy (non-hydrogen) atoms. The first-order valence-corrected chi connectivity index (χ1v) is 16.7. The molecule has 2 unspecified atom stereocenters. The van der Waals surface area contributed by atoms with Gasteiger partial charge in [0.25, 0.3) is 0 Å². The molecule has 0 saturated heterocycles. The highest BCUT2D eigenvalue weighted by Gasteiger charge is 2.44. The van der Waals surface area contributed by atoms with Crippen molar-refractivity contribution in [2.75, 3.05) is 0 Å². The number of para-hydroxylation sites is 3. The molecule has 2 heteroatoms. The van der Waals surface area contributed by atoms with Gasteiger partial charge < -0.3 is 9.13 Å². The highest BCUT2D eigenvalue weighted by molar-refractivity contribution is 6.12. The zero-order valence-corrected chi connectivity index (χ0v) is 26.6. The lowest BCUT2D eigenvalue weighted by molar-refractivity contribution is 0.394. The van der Waals surface area contributed by atoms with Gasteiger partial charge in [-0.05, 0) is 94.3 Å². The SMILES string of the molecule is CC1(C)c2cc(-n3c4ccccc4c4cc(-c5ccc6c(c5)c5ccccc5n6-c5ccccc5)ccc43)ccc2C2C=CC=CC21. The Hall–Kier alpha value is -5.60. The highest BCUT2D eigenvalue weighted by atomic mass is 15.0. The van der Waals surface area contributed by atoms with Gasteiger partial charge in [-0.1, -0.05) is 111 Å².